The molecule has 4 N–H and O–H groups in total. The van der Waals surface area contributed by atoms with E-state index in [2.05, 4.69) is 20.6 Å². The summed E-state index contributed by atoms with van der Waals surface area (Å²) in [5, 5.41) is 5.27. The van der Waals surface area contributed by atoms with Gasteiger partial charge in [0, 0.05) is 23.5 Å². The maximum atomic E-state index is 13.0. The number of halogens is 2. The number of alkyl carbamates (subject to hydrolysis) is 1. The SMILES string of the molecule is CCOC(=O)NC(=S)Nc1ncccc1-c1ccc(F)cc1.Nc1ncccc1-c1ccc(F)cc1. The maximum absolute atomic E-state index is 13.0. The minimum absolute atomic E-state index is 0.0699. The number of aromatic nitrogens is 2. The second-order valence-corrected chi connectivity index (χ2v) is 7.56. The van der Waals surface area contributed by atoms with Gasteiger partial charge in [-0.3, -0.25) is 5.32 Å². The molecule has 36 heavy (non-hydrogen) atoms. The zero-order valence-electron chi connectivity index (χ0n) is 19.2. The van der Waals surface area contributed by atoms with Crippen molar-refractivity contribution >= 4 is 35.1 Å². The first-order chi connectivity index (χ1) is 17.4. The van der Waals surface area contributed by atoms with Crippen molar-refractivity contribution in [3.8, 4) is 22.3 Å². The number of hydrogen-bond donors (Lipinski definition) is 3. The van der Waals surface area contributed by atoms with Gasteiger partial charge in [-0.15, -0.1) is 0 Å². The topological polar surface area (TPSA) is 102 Å². The monoisotopic (exact) mass is 507 g/mol. The minimum atomic E-state index is -0.640. The zero-order chi connectivity index (χ0) is 25.9. The van der Waals surface area contributed by atoms with Crippen LogP contribution < -0.4 is 16.4 Å². The number of nitrogen functional groups attached to an aromatic ring is 1. The predicted molar refractivity (Wildman–Crippen MR) is 140 cm³/mol. The van der Waals surface area contributed by atoms with Crippen molar-refractivity contribution < 1.29 is 18.3 Å². The van der Waals surface area contributed by atoms with Crippen molar-refractivity contribution in [2.45, 2.75) is 6.92 Å². The number of hydrogen-bond acceptors (Lipinski definition) is 6. The summed E-state index contributed by atoms with van der Waals surface area (Å²) in [6, 6.07) is 19.4. The quantitative estimate of drug-likeness (QED) is 0.300. The zero-order valence-corrected chi connectivity index (χ0v) is 20.1. The molecule has 0 unspecified atom stereocenters. The number of thiocarbonyl (C=S) groups is 1. The Morgan fingerprint density at radius 1 is 0.889 bits per heavy atom. The summed E-state index contributed by atoms with van der Waals surface area (Å²) in [6.07, 6.45) is 2.57. The highest BCUT2D eigenvalue weighted by molar-refractivity contribution is 7.80. The summed E-state index contributed by atoms with van der Waals surface area (Å²) in [6.45, 7) is 1.94. The lowest BCUT2D eigenvalue weighted by atomic mass is 10.1. The summed E-state index contributed by atoms with van der Waals surface area (Å²) >= 11 is 5.03. The van der Waals surface area contributed by atoms with E-state index in [1.165, 1.54) is 24.3 Å². The van der Waals surface area contributed by atoms with Crippen LogP contribution in [0.25, 0.3) is 22.3 Å². The first kappa shape index (κ1) is 26.2. The molecular formula is C26H23F2N5O2S. The van der Waals surface area contributed by atoms with Crippen LogP contribution in [0.4, 0.5) is 25.2 Å². The molecule has 0 radical (unpaired) electrons. The molecule has 0 spiro atoms. The van der Waals surface area contributed by atoms with Crippen LogP contribution in [0.3, 0.4) is 0 Å². The van der Waals surface area contributed by atoms with Crippen molar-refractivity contribution in [1.29, 1.82) is 0 Å². The Morgan fingerprint density at radius 3 is 1.97 bits per heavy atom. The molecular weight excluding hydrogens is 484 g/mol. The summed E-state index contributed by atoms with van der Waals surface area (Å²) in [7, 11) is 0. The Labute approximate surface area is 212 Å². The number of anilines is 2. The van der Waals surface area contributed by atoms with Gasteiger partial charge in [0.2, 0.25) is 0 Å². The highest BCUT2D eigenvalue weighted by atomic mass is 32.1. The third kappa shape index (κ3) is 7.54. The van der Waals surface area contributed by atoms with Gasteiger partial charge in [0.1, 0.15) is 23.3 Å². The number of nitrogens with zero attached hydrogens (tertiary/aromatic N) is 2. The molecule has 0 bridgehead atoms. The van der Waals surface area contributed by atoms with Crippen LogP contribution in [0.15, 0.2) is 85.2 Å². The largest absolute Gasteiger partial charge is 0.450 e. The molecule has 0 saturated heterocycles. The summed E-state index contributed by atoms with van der Waals surface area (Å²) in [4.78, 5) is 19.5. The molecule has 0 aliphatic carbocycles. The van der Waals surface area contributed by atoms with Gasteiger partial charge in [0.25, 0.3) is 0 Å². The lowest BCUT2D eigenvalue weighted by Gasteiger charge is -2.12. The molecule has 0 saturated carbocycles. The molecule has 0 atom stereocenters. The predicted octanol–water partition coefficient (Wildman–Crippen LogP) is 5.80. The van der Waals surface area contributed by atoms with E-state index in [4.69, 9.17) is 22.7 Å². The Kier molecular flexibility index (Phi) is 9.35. The average Bonchev–Trinajstić information content (AvgIpc) is 2.86. The van der Waals surface area contributed by atoms with Crippen LogP contribution in [0, 0.1) is 11.6 Å². The Bertz CT molecular complexity index is 1320. The molecule has 0 fully saturated rings. The highest BCUT2D eigenvalue weighted by Crippen LogP contribution is 2.26. The molecule has 0 aliphatic heterocycles. The van der Waals surface area contributed by atoms with Gasteiger partial charge in [0.05, 0.1) is 6.61 Å². The third-order valence-corrected chi connectivity index (χ3v) is 4.88. The lowest BCUT2D eigenvalue weighted by Crippen LogP contribution is -2.34. The summed E-state index contributed by atoms with van der Waals surface area (Å²) < 4.78 is 30.4. The molecule has 1 amide bonds. The average molecular weight is 508 g/mol. The van der Waals surface area contributed by atoms with Crippen LogP contribution >= 0.6 is 12.2 Å². The van der Waals surface area contributed by atoms with E-state index in [-0.39, 0.29) is 23.4 Å². The van der Waals surface area contributed by atoms with E-state index in [1.54, 1.807) is 55.7 Å². The third-order valence-electron chi connectivity index (χ3n) is 4.68. The molecule has 4 rings (SSSR count). The number of amides is 1. The molecule has 2 heterocycles. The van der Waals surface area contributed by atoms with Crippen molar-refractivity contribution in [2.75, 3.05) is 17.7 Å². The Balaban J connectivity index is 0.000000221. The molecule has 10 heteroatoms. The number of carbonyl (C=O) groups excluding carboxylic acids is 1. The summed E-state index contributed by atoms with van der Waals surface area (Å²) in [5.74, 6) is 0.341. The second kappa shape index (κ2) is 12.9. The minimum Gasteiger partial charge on any atom is -0.450 e. The van der Waals surface area contributed by atoms with E-state index in [1.807, 2.05) is 12.1 Å². The number of benzene rings is 2. The van der Waals surface area contributed by atoms with Crippen molar-refractivity contribution in [1.82, 2.24) is 15.3 Å². The van der Waals surface area contributed by atoms with Crippen LogP contribution in [0.2, 0.25) is 0 Å². The first-order valence-corrected chi connectivity index (χ1v) is 11.2. The Hall–Kier alpha value is -4.44. The van der Waals surface area contributed by atoms with Gasteiger partial charge in [0.15, 0.2) is 5.11 Å². The molecule has 7 nitrogen and oxygen atoms in total. The first-order valence-electron chi connectivity index (χ1n) is 10.8. The number of pyridine rings is 2. The van der Waals surface area contributed by atoms with E-state index in [0.29, 0.717) is 11.6 Å². The van der Waals surface area contributed by atoms with Crippen LogP contribution in [-0.4, -0.2) is 27.8 Å². The van der Waals surface area contributed by atoms with Gasteiger partial charge >= 0.3 is 6.09 Å². The molecule has 2 aromatic heterocycles. The van der Waals surface area contributed by atoms with E-state index < -0.39 is 6.09 Å². The van der Waals surface area contributed by atoms with Crippen LogP contribution in [0.1, 0.15) is 6.92 Å². The highest BCUT2D eigenvalue weighted by Gasteiger charge is 2.10. The number of rotatable bonds is 4. The van der Waals surface area contributed by atoms with Crippen molar-refractivity contribution in [2.24, 2.45) is 0 Å². The van der Waals surface area contributed by atoms with Crippen LogP contribution in [0.5, 0.6) is 0 Å². The van der Waals surface area contributed by atoms with Crippen molar-refractivity contribution in [3.63, 3.8) is 0 Å². The molecule has 184 valence electrons. The van der Waals surface area contributed by atoms with Gasteiger partial charge in [-0.2, -0.15) is 0 Å². The smallest absolute Gasteiger partial charge is 0.413 e. The van der Waals surface area contributed by atoms with E-state index in [9.17, 15) is 13.6 Å². The molecule has 0 aliphatic rings. The number of carbonyl (C=O) groups is 1. The second-order valence-electron chi connectivity index (χ2n) is 7.15. The fourth-order valence-corrected chi connectivity index (χ4v) is 3.24. The van der Waals surface area contributed by atoms with Crippen molar-refractivity contribution in [3.05, 3.63) is 96.8 Å². The molecule has 2 aromatic carbocycles. The van der Waals surface area contributed by atoms with Gasteiger partial charge in [-0.1, -0.05) is 24.3 Å². The molecule has 4 aromatic rings. The maximum Gasteiger partial charge on any atom is 0.413 e. The van der Waals surface area contributed by atoms with Gasteiger partial charge in [-0.05, 0) is 78.8 Å². The summed E-state index contributed by atoms with van der Waals surface area (Å²) in [5.41, 5.74) is 8.89. The number of nitrogens with one attached hydrogen (secondary N) is 2. The Morgan fingerprint density at radius 2 is 1.42 bits per heavy atom. The normalized spacial score (nSPS) is 9.97. The van der Waals surface area contributed by atoms with E-state index in [0.717, 1.165) is 22.3 Å². The van der Waals surface area contributed by atoms with Gasteiger partial charge < -0.3 is 15.8 Å². The number of ether oxygens (including phenoxy) is 1. The number of nitrogens with two attached hydrogens (primary N) is 1. The van der Waals surface area contributed by atoms with Gasteiger partial charge in [-0.25, -0.2) is 23.5 Å². The fourth-order valence-electron chi connectivity index (χ4n) is 3.06. The lowest BCUT2D eigenvalue weighted by molar-refractivity contribution is 0.158. The fraction of sp³-hybridized carbons (Fsp3) is 0.0769. The van der Waals surface area contributed by atoms with Crippen LogP contribution in [-0.2, 0) is 4.74 Å². The van der Waals surface area contributed by atoms with E-state index >= 15 is 0 Å². The standard InChI is InChI=1S/C15H14FN3O2S.C11H9FN2/c1-2-21-15(20)19-14(22)18-13-12(4-3-9-17-13)10-5-7-11(16)8-6-10;12-9-5-3-8(4-6-9)10-2-1-7-14-11(10)13/h3-9H,2H2,1H3,(H2,17,18,19,20,22);1-7H,(H2,13,14).